The van der Waals surface area contributed by atoms with Crippen molar-refractivity contribution in [3.8, 4) is 0 Å². The van der Waals surface area contributed by atoms with Gasteiger partial charge in [-0.05, 0) is 0 Å². The normalized spacial score (nSPS) is 25.0. The smallest absolute Gasteiger partial charge is 0.547 e. The van der Waals surface area contributed by atoms with E-state index in [0.29, 0.717) is 13.2 Å². The third-order valence-corrected chi connectivity index (χ3v) is 1.08. The van der Waals surface area contributed by atoms with Gasteiger partial charge in [0.25, 0.3) is 0 Å². The van der Waals surface area contributed by atoms with Gasteiger partial charge in [-0.1, -0.05) is 0 Å². The van der Waals surface area contributed by atoms with Crippen molar-refractivity contribution in [1.29, 1.82) is 0 Å². The van der Waals surface area contributed by atoms with Crippen molar-refractivity contribution in [2.45, 2.75) is 6.10 Å². The molecule has 0 amide bonds. The Kier molecular flexibility index (Phi) is 6.23. The summed E-state index contributed by atoms with van der Waals surface area (Å²) in [5, 5.41) is 10.0. The minimum atomic E-state index is -1.20. The molecular weight excluding hydrogens is 163 g/mol. The first-order valence-corrected chi connectivity index (χ1v) is 2.71. The molecule has 0 spiro atoms. The molecule has 52 valence electrons. The van der Waals surface area contributed by atoms with Crippen LogP contribution in [-0.2, 0) is 14.3 Å². The third kappa shape index (κ3) is 3.43. The molecule has 0 aromatic rings. The summed E-state index contributed by atoms with van der Waals surface area (Å²) >= 11 is 0. The van der Waals surface area contributed by atoms with E-state index in [4.69, 9.17) is 9.47 Å². The van der Waals surface area contributed by atoms with Crippen molar-refractivity contribution in [1.82, 2.24) is 0 Å². The van der Waals surface area contributed by atoms with Crippen LogP contribution < -0.4 is 56.5 Å². The Morgan fingerprint density at radius 1 is 1.50 bits per heavy atom. The summed E-state index contributed by atoms with van der Waals surface area (Å²) < 4.78 is 9.55. The molecule has 1 rings (SSSR count). The summed E-state index contributed by atoms with van der Waals surface area (Å²) in [5.74, 6) is -1.20. The van der Waals surface area contributed by atoms with Gasteiger partial charge >= 0.3 is 51.4 Å². The number of carbonyl (C=O) groups is 1. The van der Waals surface area contributed by atoms with E-state index in [1.54, 1.807) is 0 Å². The summed E-state index contributed by atoms with van der Waals surface area (Å²) in [6.45, 7) is 0.935. The third-order valence-electron chi connectivity index (χ3n) is 1.08. The standard InChI is InChI=1S/C5H8O4.K/c6-5(7)4-3-8-1-2-9-4;/h4H,1-3H2,(H,6,7);/q;+1/p-1. The largest absolute Gasteiger partial charge is 1.00 e. The number of carboxylic acids is 1. The SMILES string of the molecule is O=C([O-])C1COCCO1.[K+]. The van der Waals surface area contributed by atoms with E-state index in [0.717, 1.165) is 0 Å². The van der Waals surface area contributed by atoms with Gasteiger partial charge in [0, 0.05) is 0 Å². The number of hydrogen-bond donors (Lipinski definition) is 0. The van der Waals surface area contributed by atoms with Crippen LogP contribution in [0.25, 0.3) is 0 Å². The second-order valence-corrected chi connectivity index (χ2v) is 1.75. The van der Waals surface area contributed by atoms with Gasteiger partial charge in [0.2, 0.25) is 0 Å². The molecule has 4 nitrogen and oxygen atoms in total. The molecule has 0 saturated carbocycles. The maximum absolute atomic E-state index is 10.0. The molecule has 1 aliphatic rings. The summed E-state index contributed by atoms with van der Waals surface area (Å²) in [4.78, 5) is 10.0. The van der Waals surface area contributed by atoms with Crippen molar-refractivity contribution in [3.05, 3.63) is 0 Å². The van der Waals surface area contributed by atoms with Gasteiger partial charge in [-0.25, -0.2) is 0 Å². The number of aliphatic carboxylic acids is 1. The number of carboxylic acid groups (broad SMARTS) is 1. The second-order valence-electron chi connectivity index (χ2n) is 1.75. The van der Waals surface area contributed by atoms with Crippen LogP contribution in [0.4, 0.5) is 0 Å². The maximum Gasteiger partial charge on any atom is 1.00 e. The van der Waals surface area contributed by atoms with Gasteiger partial charge in [0.05, 0.1) is 25.8 Å². The average molecular weight is 170 g/mol. The van der Waals surface area contributed by atoms with Gasteiger partial charge in [-0.3, -0.25) is 0 Å². The predicted octanol–water partition coefficient (Wildman–Crippen LogP) is -4.84. The Balaban J connectivity index is 0.000000810. The monoisotopic (exact) mass is 170 g/mol. The molecule has 0 aromatic carbocycles. The fourth-order valence-corrected chi connectivity index (χ4v) is 0.624. The Morgan fingerprint density at radius 2 is 2.20 bits per heavy atom. The Labute approximate surface area is 101 Å². The fraction of sp³-hybridized carbons (Fsp3) is 0.800. The van der Waals surface area contributed by atoms with Gasteiger partial charge in [-0.15, -0.1) is 0 Å². The van der Waals surface area contributed by atoms with Crippen LogP contribution in [-0.4, -0.2) is 31.9 Å². The summed E-state index contributed by atoms with van der Waals surface area (Å²) in [6, 6.07) is 0. The second kappa shape index (κ2) is 5.65. The number of hydrogen-bond acceptors (Lipinski definition) is 4. The molecule has 5 heteroatoms. The Bertz CT molecular complexity index is 110. The molecule has 10 heavy (non-hydrogen) atoms. The molecule has 0 bridgehead atoms. The summed E-state index contributed by atoms with van der Waals surface area (Å²) in [6.07, 6.45) is -0.862. The molecule has 1 unspecified atom stereocenters. The summed E-state index contributed by atoms with van der Waals surface area (Å²) in [7, 11) is 0. The zero-order valence-electron chi connectivity index (χ0n) is 5.83. The van der Waals surface area contributed by atoms with Crippen LogP contribution in [0.5, 0.6) is 0 Å². The zero-order valence-corrected chi connectivity index (χ0v) is 8.95. The molecular formula is C5H7KO4. The van der Waals surface area contributed by atoms with Gasteiger partial charge in [0.15, 0.2) is 0 Å². The van der Waals surface area contributed by atoms with E-state index in [1.807, 2.05) is 0 Å². The first-order chi connectivity index (χ1) is 4.30. The minimum absolute atomic E-state index is 0. The van der Waals surface area contributed by atoms with Crippen LogP contribution >= 0.6 is 0 Å². The molecule has 0 aromatic heterocycles. The Hall–Kier alpha value is 1.03. The van der Waals surface area contributed by atoms with E-state index >= 15 is 0 Å². The predicted molar refractivity (Wildman–Crippen MR) is 25.6 cm³/mol. The molecule has 0 radical (unpaired) electrons. The summed E-state index contributed by atoms with van der Waals surface area (Å²) in [5.41, 5.74) is 0. The minimum Gasteiger partial charge on any atom is -0.547 e. The van der Waals surface area contributed by atoms with Crippen molar-refractivity contribution >= 4 is 5.97 Å². The van der Waals surface area contributed by atoms with Crippen LogP contribution in [0.3, 0.4) is 0 Å². The molecule has 0 aliphatic carbocycles. The van der Waals surface area contributed by atoms with Crippen molar-refractivity contribution < 1.29 is 70.8 Å². The van der Waals surface area contributed by atoms with Crippen molar-refractivity contribution in [2.24, 2.45) is 0 Å². The first-order valence-electron chi connectivity index (χ1n) is 2.71. The number of rotatable bonds is 1. The molecule has 1 aliphatic heterocycles. The Morgan fingerprint density at radius 3 is 2.50 bits per heavy atom. The maximum atomic E-state index is 10.0. The first kappa shape index (κ1) is 11.0. The van der Waals surface area contributed by atoms with Crippen LogP contribution in [0.2, 0.25) is 0 Å². The van der Waals surface area contributed by atoms with Gasteiger partial charge in [-0.2, -0.15) is 0 Å². The average Bonchev–Trinajstić information content (AvgIpc) is 1.90. The molecule has 0 N–H and O–H groups in total. The molecule has 1 saturated heterocycles. The fourth-order valence-electron chi connectivity index (χ4n) is 0.624. The quantitative estimate of drug-likeness (QED) is 0.370. The van der Waals surface area contributed by atoms with Gasteiger partial charge < -0.3 is 19.4 Å². The van der Waals surface area contributed by atoms with Crippen LogP contribution in [0, 0.1) is 0 Å². The van der Waals surface area contributed by atoms with Crippen LogP contribution in [0.1, 0.15) is 0 Å². The van der Waals surface area contributed by atoms with E-state index in [1.165, 1.54) is 0 Å². The zero-order chi connectivity index (χ0) is 6.69. The molecule has 1 heterocycles. The van der Waals surface area contributed by atoms with E-state index < -0.39 is 12.1 Å². The van der Waals surface area contributed by atoms with Crippen LogP contribution in [0.15, 0.2) is 0 Å². The van der Waals surface area contributed by atoms with Crippen molar-refractivity contribution in [3.63, 3.8) is 0 Å². The number of carbonyl (C=O) groups excluding carboxylic acids is 1. The topological polar surface area (TPSA) is 58.6 Å². The molecule has 1 fully saturated rings. The number of ether oxygens (including phenoxy) is 2. The van der Waals surface area contributed by atoms with E-state index in [2.05, 4.69) is 0 Å². The van der Waals surface area contributed by atoms with Gasteiger partial charge in [0.1, 0.15) is 6.10 Å². The van der Waals surface area contributed by atoms with E-state index in [9.17, 15) is 9.90 Å². The molecule has 1 atom stereocenters. The van der Waals surface area contributed by atoms with E-state index in [-0.39, 0.29) is 58.0 Å². The van der Waals surface area contributed by atoms with Crippen molar-refractivity contribution in [2.75, 3.05) is 19.8 Å².